The second kappa shape index (κ2) is 6.12. The molecule has 0 amide bonds. The van der Waals surface area contributed by atoms with E-state index in [9.17, 15) is 0 Å². The molecule has 2 heterocycles. The first-order valence-electron chi connectivity index (χ1n) is 7.64. The standard InChI is InChI=1S/C15H30N4/c1-15(2)7-10-19(12-15)14(16-3)17-11-13-5-8-18(4)9-6-13/h13H,5-12H2,1-4H3,(H,16,17). The maximum Gasteiger partial charge on any atom is 0.193 e. The van der Waals surface area contributed by atoms with Gasteiger partial charge in [0.25, 0.3) is 0 Å². The van der Waals surface area contributed by atoms with Gasteiger partial charge >= 0.3 is 0 Å². The molecule has 19 heavy (non-hydrogen) atoms. The van der Waals surface area contributed by atoms with Gasteiger partial charge in [-0.05, 0) is 50.7 Å². The molecule has 4 nitrogen and oxygen atoms in total. The zero-order chi connectivity index (χ0) is 13.9. The van der Waals surface area contributed by atoms with Gasteiger partial charge in [0.1, 0.15) is 0 Å². The summed E-state index contributed by atoms with van der Waals surface area (Å²) in [6, 6.07) is 0. The Kier molecular flexibility index (Phi) is 4.71. The highest BCUT2D eigenvalue weighted by molar-refractivity contribution is 5.80. The van der Waals surface area contributed by atoms with Crippen LogP contribution in [0, 0.1) is 11.3 Å². The molecule has 4 heteroatoms. The van der Waals surface area contributed by atoms with E-state index in [2.05, 4.69) is 41.0 Å². The zero-order valence-electron chi connectivity index (χ0n) is 13.1. The van der Waals surface area contributed by atoms with Gasteiger partial charge in [0.05, 0.1) is 0 Å². The van der Waals surface area contributed by atoms with Gasteiger partial charge in [0, 0.05) is 26.7 Å². The lowest BCUT2D eigenvalue weighted by molar-refractivity contribution is 0.219. The number of hydrogen-bond acceptors (Lipinski definition) is 2. The van der Waals surface area contributed by atoms with Gasteiger partial charge in [-0.3, -0.25) is 4.99 Å². The monoisotopic (exact) mass is 266 g/mol. The Morgan fingerprint density at radius 1 is 1.26 bits per heavy atom. The van der Waals surface area contributed by atoms with Crippen LogP contribution in [0.15, 0.2) is 4.99 Å². The van der Waals surface area contributed by atoms with E-state index < -0.39 is 0 Å². The number of nitrogens with zero attached hydrogens (tertiary/aromatic N) is 3. The molecule has 0 spiro atoms. The van der Waals surface area contributed by atoms with Crippen LogP contribution < -0.4 is 5.32 Å². The topological polar surface area (TPSA) is 30.9 Å². The summed E-state index contributed by atoms with van der Waals surface area (Å²) in [5, 5.41) is 3.59. The molecule has 0 aromatic heterocycles. The molecular weight excluding hydrogens is 236 g/mol. The van der Waals surface area contributed by atoms with Crippen LogP contribution in [-0.2, 0) is 0 Å². The predicted molar refractivity (Wildman–Crippen MR) is 81.6 cm³/mol. The molecule has 0 aliphatic carbocycles. The zero-order valence-corrected chi connectivity index (χ0v) is 13.1. The highest BCUT2D eigenvalue weighted by atomic mass is 15.3. The minimum Gasteiger partial charge on any atom is -0.356 e. The summed E-state index contributed by atoms with van der Waals surface area (Å²) >= 11 is 0. The summed E-state index contributed by atoms with van der Waals surface area (Å²) in [5.74, 6) is 1.91. The number of aliphatic imine (C=N–C) groups is 1. The lowest BCUT2D eigenvalue weighted by atomic mass is 9.93. The van der Waals surface area contributed by atoms with Crippen molar-refractivity contribution >= 4 is 5.96 Å². The van der Waals surface area contributed by atoms with Crippen LogP contribution in [0.25, 0.3) is 0 Å². The Labute approximate surface area is 118 Å². The van der Waals surface area contributed by atoms with Gasteiger partial charge in [-0.25, -0.2) is 0 Å². The third-order valence-electron chi connectivity index (χ3n) is 4.58. The van der Waals surface area contributed by atoms with Crippen LogP contribution in [-0.4, -0.2) is 62.6 Å². The summed E-state index contributed by atoms with van der Waals surface area (Å²) in [4.78, 5) is 9.29. The second-order valence-electron chi connectivity index (χ2n) is 7.01. The van der Waals surface area contributed by atoms with Crippen molar-refractivity contribution in [3.8, 4) is 0 Å². The maximum atomic E-state index is 4.46. The largest absolute Gasteiger partial charge is 0.356 e. The van der Waals surface area contributed by atoms with E-state index in [4.69, 9.17) is 0 Å². The van der Waals surface area contributed by atoms with Crippen molar-refractivity contribution in [1.82, 2.24) is 15.1 Å². The molecule has 110 valence electrons. The predicted octanol–water partition coefficient (Wildman–Crippen LogP) is 1.64. The molecule has 2 fully saturated rings. The second-order valence-corrected chi connectivity index (χ2v) is 7.01. The van der Waals surface area contributed by atoms with Crippen LogP contribution in [0.1, 0.15) is 33.1 Å². The fourth-order valence-corrected chi connectivity index (χ4v) is 3.13. The molecule has 2 rings (SSSR count). The van der Waals surface area contributed by atoms with Gasteiger partial charge in [0.15, 0.2) is 5.96 Å². The third-order valence-corrected chi connectivity index (χ3v) is 4.58. The average molecular weight is 266 g/mol. The van der Waals surface area contributed by atoms with Gasteiger partial charge < -0.3 is 15.1 Å². The highest BCUT2D eigenvalue weighted by Crippen LogP contribution is 2.28. The maximum absolute atomic E-state index is 4.46. The van der Waals surface area contributed by atoms with Crippen LogP contribution in [0.2, 0.25) is 0 Å². The van der Waals surface area contributed by atoms with Crippen LogP contribution >= 0.6 is 0 Å². The lowest BCUT2D eigenvalue weighted by Crippen LogP contribution is -2.44. The molecule has 0 bridgehead atoms. The molecule has 0 aromatic rings. The first-order valence-corrected chi connectivity index (χ1v) is 7.64. The van der Waals surface area contributed by atoms with Gasteiger partial charge in [-0.1, -0.05) is 13.8 Å². The molecule has 1 N–H and O–H groups in total. The normalized spacial score (nSPS) is 25.9. The number of rotatable bonds is 2. The fourth-order valence-electron chi connectivity index (χ4n) is 3.13. The number of likely N-dealkylation sites (tertiary alicyclic amines) is 2. The summed E-state index contributed by atoms with van der Waals surface area (Å²) < 4.78 is 0. The number of guanidine groups is 1. The molecule has 2 aliphatic rings. The minimum absolute atomic E-state index is 0.436. The number of nitrogens with one attached hydrogen (secondary N) is 1. The van der Waals surface area contributed by atoms with Crippen LogP contribution in [0.4, 0.5) is 0 Å². The van der Waals surface area contributed by atoms with Crippen molar-refractivity contribution in [2.24, 2.45) is 16.3 Å². The van der Waals surface area contributed by atoms with Gasteiger partial charge in [-0.2, -0.15) is 0 Å². The molecule has 2 saturated heterocycles. The summed E-state index contributed by atoms with van der Waals surface area (Å²) in [7, 11) is 4.12. The highest BCUT2D eigenvalue weighted by Gasteiger charge is 2.31. The Morgan fingerprint density at radius 3 is 2.47 bits per heavy atom. The average Bonchev–Trinajstić information content (AvgIpc) is 2.73. The minimum atomic E-state index is 0.436. The van der Waals surface area contributed by atoms with Gasteiger partial charge in [-0.15, -0.1) is 0 Å². The first kappa shape index (κ1) is 14.6. The fraction of sp³-hybridized carbons (Fsp3) is 0.933. The Morgan fingerprint density at radius 2 is 1.95 bits per heavy atom. The van der Waals surface area contributed by atoms with Crippen molar-refractivity contribution in [2.45, 2.75) is 33.1 Å². The number of piperidine rings is 1. The van der Waals surface area contributed by atoms with Crippen LogP contribution in [0.5, 0.6) is 0 Å². The van der Waals surface area contributed by atoms with E-state index in [-0.39, 0.29) is 0 Å². The van der Waals surface area contributed by atoms with E-state index in [1.165, 1.54) is 32.4 Å². The molecule has 0 saturated carbocycles. The molecule has 2 aliphatic heterocycles. The smallest absolute Gasteiger partial charge is 0.193 e. The first-order chi connectivity index (χ1) is 9.00. The molecule has 0 unspecified atom stereocenters. The van der Waals surface area contributed by atoms with E-state index >= 15 is 0 Å². The number of hydrogen-bond donors (Lipinski definition) is 1. The Balaban J connectivity index is 1.77. The Hall–Kier alpha value is -0.770. The summed E-state index contributed by atoms with van der Waals surface area (Å²) in [6.07, 6.45) is 3.89. The SMILES string of the molecule is CN=C(NCC1CCN(C)CC1)N1CCC(C)(C)C1. The summed E-state index contributed by atoms with van der Waals surface area (Å²) in [5.41, 5.74) is 0.436. The Bertz CT molecular complexity index is 316. The van der Waals surface area contributed by atoms with Crippen molar-refractivity contribution in [3.05, 3.63) is 0 Å². The van der Waals surface area contributed by atoms with Gasteiger partial charge in [0.2, 0.25) is 0 Å². The van der Waals surface area contributed by atoms with E-state index in [1.54, 1.807) is 0 Å². The molecule has 0 aromatic carbocycles. The van der Waals surface area contributed by atoms with E-state index in [0.29, 0.717) is 5.41 Å². The summed E-state index contributed by atoms with van der Waals surface area (Å²) in [6.45, 7) is 10.5. The quantitative estimate of drug-likeness (QED) is 0.609. The lowest BCUT2D eigenvalue weighted by Gasteiger charge is -2.30. The van der Waals surface area contributed by atoms with E-state index in [1.807, 2.05) is 7.05 Å². The molecule has 0 radical (unpaired) electrons. The molecular formula is C15H30N4. The molecule has 0 atom stereocenters. The van der Waals surface area contributed by atoms with Crippen molar-refractivity contribution < 1.29 is 0 Å². The van der Waals surface area contributed by atoms with E-state index in [0.717, 1.165) is 31.5 Å². The van der Waals surface area contributed by atoms with Crippen molar-refractivity contribution in [1.29, 1.82) is 0 Å². The third kappa shape index (κ3) is 4.10. The van der Waals surface area contributed by atoms with Crippen molar-refractivity contribution in [3.63, 3.8) is 0 Å². The van der Waals surface area contributed by atoms with Crippen molar-refractivity contribution in [2.75, 3.05) is 46.8 Å². The van der Waals surface area contributed by atoms with Crippen LogP contribution in [0.3, 0.4) is 0 Å².